The van der Waals surface area contributed by atoms with Gasteiger partial charge in [-0.05, 0) is 43.2 Å². The van der Waals surface area contributed by atoms with Gasteiger partial charge in [0.15, 0.2) is 5.82 Å². The highest BCUT2D eigenvalue weighted by Crippen LogP contribution is 2.33. The first kappa shape index (κ1) is 21.3. The van der Waals surface area contributed by atoms with Gasteiger partial charge in [0.2, 0.25) is 0 Å². The molecule has 4 rings (SSSR count). The van der Waals surface area contributed by atoms with Gasteiger partial charge in [0, 0.05) is 39.9 Å². The third-order valence-corrected chi connectivity index (χ3v) is 6.39. The van der Waals surface area contributed by atoms with Crippen molar-refractivity contribution >= 4 is 35.0 Å². The lowest BCUT2D eigenvalue weighted by Crippen LogP contribution is -2.25. The molecule has 10 heteroatoms. The number of nitro groups is 1. The highest BCUT2D eigenvalue weighted by molar-refractivity contribution is 7.99. The molecule has 8 nitrogen and oxygen atoms in total. The predicted molar refractivity (Wildman–Crippen MR) is 117 cm³/mol. The molecule has 0 atom stereocenters. The van der Waals surface area contributed by atoms with E-state index in [9.17, 15) is 14.9 Å². The van der Waals surface area contributed by atoms with Gasteiger partial charge in [-0.2, -0.15) is 0 Å². The Morgan fingerprint density at radius 3 is 2.74 bits per heavy atom. The average molecular weight is 458 g/mol. The molecular weight excluding hydrogens is 438 g/mol. The summed E-state index contributed by atoms with van der Waals surface area (Å²) in [5.41, 5.74) is 0.103. The Kier molecular flexibility index (Phi) is 6.53. The molecule has 1 aromatic heterocycles. The molecule has 1 aliphatic rings. The quantitative estimate of drug-likeness (QED) is 0.427. The number of amides is 1. The number of carbonyl (C=O) groups is 1. The normalized spacial score (nSPS) is 13.3. The van der Waals surface area contributed by atoms with Crippen LogP contribution < -0.4 is 5.32 Å². The Morgan fingerprint density at radius 1 is 1.16 bits per heavy atom. The van der Waals surface area contributed by atoms with Gasteiger partial charge in [0.05, 0.1) is 17.0 Å². The van der Waals surface area contributed by atoms with Crippen LogP contribution >= 0.6 is 23.4 Å². The van der Waals surface area contributed by atoms with Crippen molar-refractivity contribution in [2.75, 3.05) is 0 Å². The molecule has 0 unspecified atom stereocenters. The maximum atomic E-state index is 13.0. The van der Waals surface area contributed by atoms with Crippen LogP contribution in [0.2, 0.25) is 5.02 Å². The Morgan fingerprint density at radius 2 is 1.97 bits per heavy atom. The first-order valence-electron chi connectivity index (χ1n) is 9.92. The van der Waals surface area contributed by atoms with E-state index in [4.69, 9.17) is 11.6 Å². The molecule has 2 heterocycles. The lowest BCUT2D eigenvalue weighted by molar-refractivity contribution is -0.384. The fourth-order valence-electron chi connectivity index (χ4n) is 3.46. The number of aryl methyl sites for hydroxylation is 1. The number of nitro benzene ring substituents is 1. The van der Waals surface area contributed by atoms with Crippen LogP contribution in [-0.4, -0.2) is 25.6 Å². The van der Waals surface area contributed by atoms with E-state index in [2.05, 4.69) is 20.1 Å². The number of halogens is 1. The van der Waals surface area contributed by atoms with Crippen molar-refractivity contribution in [2.45, 2.75) is 48.6 Å². The molecule has 1 amide bonds. The summed E-state index contributed by atoms with van der Waals surface area (Å²) in [5, 5.41) is 23.2. The minimum atomic E-state index is -0.508. The fraction of sp³-hybridized carbons (Fsp3) is 0.286. The van der Waals surface area contributed by atoms with E-state index in [0.717, 1.165) is 42.9 Å². The zero-order valence-corrected chi connectivity index (χ0v) is 18.2. The monoisotopic (exact) mass is 457 g/mol. The molecular formula is C21H20ClN5O3S. The summed E-state index contributed by atoms with van der Waals surface area (Å²) >= 11 is 7.29. The van der Waals surface area contributed by atoms with E-state index < -0.39 is 10.8 Å². The molecule has 0 saturated carbocycles. The Hall–Kier alpha value is -2.91. The van der Waals surface area contributed by atoms with Crippen LogP contribution in [0.5, 0.6) is 0 Å². The molecule has 0 bridgehead atoms. The summed E-state index contributed by atoms with van der Waals surface area (Å²) in [6.07, 6.45) is 4.17. The second-order valence-electron chi connectivity index (χ2n) is 7.17. The largest absolute Gasteiger partial charge is 0.345 e. The maximum Gasteiger partial charge on any atom is 0.270 e. The number of nitrogens with zero attached hydrogens (tertiary/aromatic N) is 4. The molecule has 1 aliphatic heterocycles. The number of nitrogens with one attached hydrogen (secondary N) is 1. The van der Waals surface area contributed by atoms with Gasteiger partial charge < -0.3 is 9.88 Å². The summed E-state index contributed by atoms with van der Waals surface area (Å²) in [7, 11) is 0. The minimum absolute atomic E-state index is 0.137. The summed E-state index contributed by atoms with van der Waals surface area (Å²) in [6, 6.07) is 11.5. The average Bonchev–Trinajstić information content (AvgIpc) is 2.99. The number of rotatable bonds is 6. The van der Waals surface area contributed by atoms with E-state index >= 15 is 0 Å². The third kappa shape index (κ3) is 5.05. The Balaban J connectivity index is 1.55. The van der Waals surface area contributed by atoms with E-state index in [1.54, 1.807) is 18.2 Å². The van der Waals surface area contributed by atoms with Gasteiger partial charge in [0.1, 0.15) is 5.82 Å². The topological polar surface area (TPSA) is 103 Å². The van der Waals surface area contributed by atoms with Crippen molar-refractivity contribution in [1.29, 1.82) is 0 Å². The van der Waals surface area contributed by atoms with Crippen LogP contribution in [0.1, 0.15) is 41.3 Å². The Labute approximate surface area is 188 Å². The SMILES string of the molecule is O=C(NCc1nnc2n1CCCCC2)c1cc([N+](=O)[O-])ccc1Sc1ccc(Cl)cc1. The summed E-state index contributed by atoms with van der Waals surface area (Å²) in [5.74, 6) is 1.24. The molecule has 2 aromatic carbocycles. The number of non-ortho nitro benzene ring substituents is 1. The van der Waals surface area contributed by atoms with Crippen molar-refractivity contribution in [1.82, 2.24) is 20.1 Å². The number of carbonyl (C=O) groups excluding carboxylic acids is 1. The standard InChI is InChI=1S/C21H20ClN5O3S/c22-14-5-8-16(9-6-14)31-18-10-7-15(27(29)30)12-17(18)21(28)23-13-20-25-24-19-4-2-1-3-11-26(19)20/h5-10,12H,1-4,11,13H2,(H,23,28). The predicted octanol–water partition coefficient (Wildman–Crippen LogP) is 4.65. The van der Waals surface area contributed by atoms with Crippen LogP contribution in [0.25, 0.3) is 0 Å². The van der Waals surface area contributed by atoms with E-state index in [-0.39, 0.29) is 17.8 Å². The van der Waals surface area contributed by atoms with Gasteiger partial charge >= 0.3 is 0 Å². The number of fused-ring (bicyclic) bond motifs is 1. The molecule has 0 aliphatic carbocycles. The molecule has 1 N–H and O–H groups in total. The van der Waals surface area contributed by atoms with Crippen LogP contribution in [0, 0.1) is 10.1 Å². The second-order valence-corrected chi connectivity index (χ2v) is 8.72. The van der Waals surface area contributed by atoms with Crippen molar-refractivity contribution < 1.29 is 9.72 Å². The van der Waals surface area contributed by atoms with Crippen LogP contribution in [0.4, 0.5) is 5.69 Å². The van der Waals surface area contributed by atoms with Crippen molar-refractivity contribution in [3.05, 3.63) is 74.8 Å². The smallest absolute Gasteiger partial charge is 0.270 e. The molecule has 0 spiro atoms. The maximum absolute atomic E-state index is 13.0. The number of hydrogen-bond acceptors (Lipinski definition) is 6. The highest BCUT2D eigenvalue weighted by Gasteiger charge is 2.20. The first-order valence-corrected chi connectivity index (χ1v) is 11.1. The first-order chi connectivity index (χ1) is 15.0. The van der Waals surface area contributed by atoms with E-state index in [1.165, 1.54) is 23.9 Å². The van der Waals surface area contributed by atoms with Crippen molar-refractivity contribution in [3.63, 3.8) is 0 Å². The zero-order chi connectivity index (χ0) is 21.8. The molecule has 160 valence electrons. The summed E-state index contributed by atoms with van der Waals surface area (Å²) in [6.45, 7) is 1.04. The highest BCUT2D eigenvalue weighted by atomic mass is 35.5. The Bertz CT molecular complexity index is 1120. The number of aromatic nitrogens is 3. The molecule has 0 fully saturated rings. The van der Waals surface area contributed by atoms with E-state index in [0.29, 0.717) is 15.7 Å². The van der Waals surface area contributed by atoms with Gasteiger partial charge in [-0.15, -0.1) is 10.2 Å². The molecule has 31 heavy (non-hydrogen) atoms. The second kappa shape index (κ2) is 9.49. The summed E-state index contributed by atoms with van der Waals surface area (Å²) < 4.78 is 2.06. The number of hydrogen-bond donors (Lipinski definition) is 1. The zero-order valence-electron chi connectivity index (χ0n) is 16.6. The lowest BCUT2D eigenvalue weighted by Gasteiger charge is -2.11. The fourth-order valence-corrected chi connectivity index (χ4v) is 4.51. The van der Waals surface area contributed by atoms with Gasteiger partial charge in [-0.25, -0.2) is 0 Å². The number of benzene rings is 2. The van der Waals surface area contributed by atoms with E-state index in [1.807, 2.05) is 12.1 Å². The van der Waals surface area contributed by atoms with Crippen molar-refractivity contribution in [2.24, 2.45) is 0 Å². The van der Waals surface area contributed by atoms with Crippen LogP contribution in [0.3, 0.4) is 0 Å². The van der Waals surface area contributed by atoms with Crippen molar-refractivity contribution in [3.8, 4) is 0 Å². The van der Waals surface area contributed by atoms with Crippen LogP contribution in [0.15, 0.2) is 52.3 Å². The molecule has 0 saturated heterocycles. The molecule has 3 aromatic rings. The molecule has 0 radical (unpaired) electrons. The van der Waals surface area contributed by atoms with Gasteiger partial charge in [-0.1, -0.05) is 29.8 Å². The summed E-state index contributed by atoms with van der Waals surface area (Å²) in [4.78, 5) is 25.2. The third-order valence-electron chi connectivity index (χ3n) is 5.05. The van der Waals surface area contributed by atoms with Gasteiger partial charge in [-0.3, -0.25) is 14.9 Å². The van der Waals surface area contributed by atoms with Crippen LogP contribution in [-0.2, 0) is 19.5 Å². The lowest BCUT2D eigenvalue weighted by atomic mass is 10.2. The minimum Gasteiger partial charge on any atom is -0.345 e. The van der Waals surface area contributed by atoms with Gasteiger partial charge in [0.25, 0.3) is 11.6 Å².